The van der Waals surface area contributed by atoms with Crippen molar-refractivity contribution in [1.29, 1.82) is 5.26 Å². The molecule has 2 aliphatic heterocycles. The summed E-state index contributed by atoms with van der Waals surface area (Å²) in [5.74, 6) is 0. The van der Waals surface area contributed by atoms with Crippen molar-refractivity contribution in [2.24, 2.45) is 0 Å². The fourth-order valence-corrected chi connectivity index (χ4v) is 4.34. The van der Waals surface area contributed by atoms with Crippen LogP contribution in [0.4, 0.5) is 21.9 Å². The number of anilines is 3. The molecule has 1 saturated heterocycles. The van der Waals surface area contributed by atoms with Gasteiger partial charge < -0.3 is 15.1 Å². The Bertz CT molecular complexity index is 970. The van der Waals surface area contributed by atoms with Crippen LogP contribution in [0.2, 0.25) is 0 Å². The Balaban J connectivity index is 1.73. The molecule has 150 valence electrons. The van der Waals surface area contributed by atoms with Gasteiger partial charge in [-0.1, -0.05) is 18.2 Å². The molecule has 1 N–H and O–H groups in total. The number of urea groups is 1. The van der Waals surface area contributed by atoms with Gasteiger partial charge in [0.05, 0.1) is 36.2 Å². The number of nitriles is 1. The number of para-hydroxylation sites is 1. The highest BCUT2D eigenvalue weighted by Gasteiger charge is 2.36. The summed E-state index contributed by atoms with van der Waals surface area (Å²) in [6.45, 7) is 0.813. The Hall–Kier alpha value is -3.24. The zero-order chi connectivity index (χ0) is 20.5. The molecular weight excluding hydrogens is 366 g/mol. The van der Waals surface area contributed by atoms with Gasteiger partial charge in [0.25, 0.3) is 0 Å². The summed E-state index contributed by atoms with van der Waals surface area (Å²) in [5.41, 5.74) is 5.14. The van der Waals surface area contributed by atoms with Gasteiger partial charge in [-0.25, -0.2) is 9.86 Å². The maximum absolute atomic E-state index is 12.3. The minimum absolute atomic E-state index is 0.0552. The van der Waals surface area contributed by atoms with Crippen molar-refractivity contribution in [3.05, 3.63) is 53.6 Å². The highest BCUT2D eigenvalue weighted by atomic mass is 16.7. The minimum Gasteiger partial charge on any atom is -0.363 e. The third kappa shape index (κ3) is 3.36. The second kappa shape index (κ2) is 7.64. The van der Waals surface area contributed by atoms with Crippen LogP contribution in [-0.2, 0) is 4.84 Å². The topological polar surface area (TPSA) is 71.8 Å². The first-order valence-corrected chi connectivity index (χ1v) is 9.75. The molecule has 7 nitrogen and oxygen atoms in total. The van der Waals surface area contributed by atoms with E-state index >= 15 is 0 Å². The fraction of sp³-hybridized carbons (Fsp3) is 0.364. The number of rotatable bonds is 2. The van der Waals surface area contributed by atoms with Gasteiger partial charge in [0.15, 0.2) is 0 Å². The Morgan fingerprint density at radius 2 is 2.03 bits per heavy atom. The predicted molar refractivity (Wildman–Crippen MR) is 112 cm³/mol. The van der Waals surface area contributed by atoms with E-state index in [1.807, 2.05) is 31.3 Å². The van der Waals surface area contributed by atoms with Crippen LogP contribution in [0.1, 0.15) is 30.0 Å². The SMILES string of the molecule is CON(C)C(=O)N[C@H]1CCN2c3ccc(C#N)cc3N(C)c3ccccc3[C@H]2C1. The molecule has 0 radical (unpaired) electrons. The van der Waals surface area contributed by atoms with E-state index in [0.29, 0.717) is 5.56 Å². The van der Waals surface area contributed by atoms with E-state index in [2.05, 4.69) is 39.4 Å². The molecule has 7 heteroatoms. The molecule has 2 amide bonds. The number of fused-ring (bicyclic) bond motifs is 5. The van der Waals surface area contributed by atoms with Crippen molar-refractivity contribution >= 4 is 23.1 Å². The molecule has 2 aromatic carbocycles. The molecule has 2 aliphatic rings. The number of amides is 2. The van der Waals surface area contributed by atoms with Crippen LogP contribution in [0.5, 0.6) is 0 Å². The first kappa shape index (κ1) is 19.1. The van der Waals surface area contributed by atoms with Crippen molar-refractivity contribution in [1.82, 2.24) is 10.4 Å². The fourth-order valence-electron chi connectivity index (χ4n) is 4.34. The van der Waals surface area contributed by atoms with Crippen molar-refractivity contribution in [2.75, 3.05) is 37.5 Å². The lowest BCUT2D eigenvalue weighted by Crippen LogP contribution is -2.49. The average Bonchev–Trinajstić information content (AvgIpc) is 2.86. The lowest BCUT2D eigenvalue weighted by atomic mass is 9.90. The summed E-state index contributed by atoms with van der Waals surface area (Å²) >= 11 is 0. The molecule has 0 bridgehead atoms. The Morgan fingerprint density at radius 3 is 2.79 bits per heavy atom. The van der Waals surface area contributed by atoms with E-state index in [1.165, 1.54) is 17.7 Å². The van der Waals surface area contributed by atoms with E-state index in [9.17, 15) is 10.1 Å². The normalized spacial score (nSPS) is 19.9. The van der Waals surface area contributed by atoms with Gasteiger partial charge in [0.1, 0.15) is 0 Å². The maximum Gasteiger partial charge on any atom is 0.341 e. The third-order valence-electron chi connectivity index (χ3n) is 5.92. The number of benzene rings is 2. The average molecular weight is 391 g/mol. The Morgan fingerprint density at radius 1 is 1.24 bits per heavy atom. The number of nitrogens with one attached hydrogen (secondary N) is 1. The summed E-state index contributed by atoms with van der Waals surface area (Å²) in [5, 5.41) is 13.7. The zero-order valence-electron chi connectivity index (χ0n) is 16.9. The molecule has 0 aliphatic carbocycles. The molecule has 29 heavy (non-hydrogen) atoms. The van der Waals surface area contributed by atoms with E-state index in [-0.39, 0.29) is 18.1 Å². The molecule has 2 heterocycles. The molecule has 1 fully saturated rings. The van der Waals surface area contributed by atoms with Crippen LogP contribution in [0.15, 0.2) is 42.5 Å². The summed E-state index contributed by atoms with van der Waals surface area (Å²) in [6.07, 6.45) is 1.64. The van der Waals surface area contributed by atoms with Gasteiger partial charge in [0.2, 0.25) is 0 Å². The highest BCUT2D eigenvalue weighted by molar-refractivity contribution is 5.83. The minimum atomic E-state index is -0.232. The lowest BCUT2D eigenvalue weighted by molar-refractivity contribution is -0.0658. The summed E-state index contributed by atoms with van der Waals surface area (Å²) in [7, 11) is 5.12. The van der Waals surface area contributed by atoms with Crippen molar-refractivity contribution in [2.45, 2.75) is 24.9 Å². The lowest BCUT2D eigenvalue weighted by Gasteiger charge is -2.41. The highest BCUT2D eigenvalue weighted by Crippen LogP contribution is 2.47. The van der Waals surface area contributed by atoms with Crippen LogP contribution in [0.3, 0.4) is 0 Å². The number of piperidine rings is 1. The Labute approximate surface area is 171 Å². The van der Waals surface area contributed by atoms with E-state index in [4.69, 9.17) is 4.84 Å². The van der Waals surface area contributed by atoms with Crippen LogP contribution in [0, 0.1) is 11.3 Å². The number of carbonyl (C=O) groups excluding carboxylic acids is 1. The number of hydrogen-bond acceptors (Lipinski definition) is 5. The number of carbonyl (C=O) groups is 1. The van der Waals surface area contributed by atoms with E-state index in [0.717, 1.165) is 36.4 Å². The second-order valence-electron chi connectivity index (χ2n) is 7.49. The van der Waals surface area contributed by atoms with Gasteiger partial charge >= 0.3 is 6.03 Å². The summed E-state index contributed by atoms with van der Waals surface area (Å²) in [4.78, 5) is 21.8. The third-order valence-corrected chi connectivity index (χ3v) is 5.92. The summed E-state index contributed by atoms with van der Waals surface area (Å²) < 4.78 is 0. The first-order valence-electron chi connectivity index (χ1n) is 9.75. The van der Waals surface area contributed by atoms with Gasteiger partial charge in [-0.2, -0.15) is 5.26 Å². The molecule has 4 rings (SSSR count). The second-order valence-corrected chi connectivity index (χ2v) is 7.49. The smallest absolute Gasteiger partial charge is 0.341 e. The number of hydroxylamine groups is 2. The van der Waals surface area contributed by atoms with Crippen molar-refractivity contribution in [3.8, 4) is 6.07 Å². The Kier molecular flexibility index (Phi) is 5.03. The van der Waals surface area contributed by atoms with Gasteiger partial charge in [-0.05, 0) is 42.7 Å². The molecule has 0 unspecified atom stereocenters. The van der Waals surface area contributed by atoms with Gasteiger partial charge in [0, 0.05) is 32.4 Å². The molecule has 0 aromatic heterocycles. The largest absolute Gasteiger partial charge is 0.363 e. The van der Waals surface area contributed by atoms with Crippen LogP contribution >= 0.6 is 0 Å². The van der Waals surface area contributed by atoms with Crippen molar-refractivity contribution in [3.63, 3.8) is 0 Å². The first-order chi connectivity index (χ1) is 14.0. The van der Waals surface area contributed by atoms with Crippen LogP contribution < -0.4 is 15.1 Å². The maximum atomic E-state index is 12.3. The predicted octanol–water partition coefficient (Wildman–Crippen LogP) is 3.55. The monoisotopic (exact) mass is 391 g/mol. The number of hydrogen-bond donors (Lipinski definition) is 1. The zero-order valence-corrected chi connectivity index (χ0v) is 16.9. The van der Waals surface area contributed by atoms with Crippen molar-refractivity contribution < 1.29 is 9.63 Å². The standard InChI is InChI=1S/C22H25N5O2/c1-25-18-7-5-4-6-17(18)20-13-16(24-22(28)26(2)29-3)10-11-27(20)19-9-8-15(14-23)12-21(19)25/h4-9,12,16,20H,10-11,13H2,1-3H3,(H,24,28)/t16-,20+/m0/s1. The van der Waals surface area contributed by atoms with E-state index < -0.39 is 0 Å². The van der Waals surface area contributed by atoms with Gasteiger partial charge in [-0.15, -0.1) is 0 Å². The van der Waals surface area contributed by atoms with E-state index in [1.54, 1.807) is 7.05 Å². The molecule has 2 aromatic rings. The molecule has 0 spiro atoms. The quantitative estimate of drug-likeness (QED) is 0.793. The summed E-state index contributed by atoms with van der Waals surface area (Å²) in [6, 6.07) is 16.4. The number of nitrogens with zero attached hydrogens (tertiary/aromatic N) is 4. The van der Waals surface area contributed by atoms with Crippen LogP contribution in [0.25, 0.3) is 0 Å². The molecule has 0 saturated carbocycles. The molecule has 2 atom stereocenters. The van der Waals surface area contributed by atoms with Gasteiger partial charge in [-0.3, -0.25) is 4.84 Å². The molecular formula is C22H25N5O2. The van der Waals surface area contributed by atoms with Crippen LogP contribution in [-0.4, -0.2) is 44.9 Å².